The monoisotopic (exact) mass is 309 g/mol. The van der Waals surface area contributed by atoms with E-state index < -0.39 is 17.7 Å². The molecule has 2 aliphatic rings. The van der Waals surface area contributed by atoms with E-state index in [2.05, 4.69) is 5.32 Å². The molecule has 0 radical (unpaired) electrons. The summed E-state index contributed by atoms with van der Waals surface area (Å²) < 4.78 is 33.6. The van der Waals surface area contributed by atoms with Crippen LogP contribution >= 0.6 is 0 Å². The lowest BCUT2D eigenvalue weighted by atomic mass is 9.76. The first-order chi connectivity index (χ1) is 10.6. The van der Waals surface area contributed by atoms with Gasteiger partial charge in [-0.05, 0) is 25.3 Å². The van der Waals surface area contributed by atoms with E-state index >= 15 is 0 Å². The number of carbonyl (C=O) groups excluding carboxylic acids is 1. The molecule has 0 aromatic heterocycles. The van der Waals surface area contributed by atoms with Crippen molar-refractivity contribution in [1.82, 2.24) is 5.32 Å². The first-order valence-electron chi connectivity index (χ1n) is 7.92. The van der Waals surface area contributed by atoms with Crippen molar-refractivity contribution in [3.05, 3.63) is 35.4 Å². The molecular formula is C17H21F2NO2. The van der Waals surface area contributed by atoms with E-state index in [9.17, 15) is 13.6 Å². The highest BCUT2D eigenvalue weighted by Gasteiger charge is 2.41. The summed E-state index contributed by atoms with van der Waals surface area (Å²) in [6, 6.07) is 4.13. The van der Waals surface area contributed by atoms with Gasteiger partial charge < -0.3 is 10.1 Å². The summed E-state index contributed by atoms with van der Waals surface area (Å²) in [5.41, 5.74) is 0.249. The molecule has 3 nitrogen and oxygen atoms in total. The fourth-order valence-electron chi connectivity index (χ4n) is 3.82. The molecule has 1 heterocycles. The number of carbonyl (C=O) groups is 1. The minimum Gasteiger partial charge on any atom is -0.370 e. The summed E-state index contributed by atoms with van der Waals surface area (Å²) in [6.45, 7) is 1.49. The Morgan fingerprint density at radius 1 is 1.27 bits per heavy atom. The predicted molar refractivity (Wildman–Crippen MR) is 78.2 cm³/mol. The van der Waals surface area contributed by atoms with Gasteiger partial charge in [0.15, 0.2) is 11.6 Å². The van der Waals surface area contributed by atoms with Crippen LogP contribution in [0.15, 0.2) is 18.2 Å². The minimum atomic E-state index is -0.858. The highest BCUT2D eigenvalue weighted by molar-refractivity contribution is 5.73. The van der Waals surface area contributed by atoms with Gasteiger partial charge in [0.25, 0.3) is 0 Å². The molecule has 1 amide bonds. The molecule has 1 saturated carbocycles. The Labute approximate surface area is 129 Å². The smallest absolute Gasteiger partial charge is 0.217 e. The number of hydrogen-bond acceptors (Lipinski definition) is 2. The standard InChI is InChI=1S/C17H21F2NO2/c1-10(21)20-14-9-16(12-6-4-7-13(18)17(12)19)22-15-8-3-2-5-11(14)15/h4,6-7,11,14-16H,2-3,5,8-9H2,1H3,(H,20,21)/t11-,14+,15+,16+/m0/s1. The number of hydrogen-bond donors (Lipinski definition) is 1. The third-order valence-electron chi connectivity index (χ3n) is 4.79. The maximum Gasteiger partial charge on any atom is 0.217 e. The first-order valence-corrected chi connectivity index (χ1v) is 7.92. The van der Waals surface area contributed by atoms with Crippen LogP contribution in [-0.2, 0) is 9.53 Å². The molecule has 120 valence electrons. The third kappa shape index (κ3) is 3.00. The van der Waals surface area contributed by atoms with Gasteiger partial charge in [-0.1, -0.05) is 25.0 Å². The zero-order valence-corrected chi connectivity index (χ0v) is 12.6. The molecule has 0 unspecified atom stereocenters. The van der Waals surface area contributed by atoms with Crippen LogP contribution < -0.4 is 5.32 Å². The van der Waals surface area contributed by atoms with Crippen LogP contribution in [0.5, 0.6) is 0 Å². The lowest BCUT2D eigenvalue weighted by Gasteiger charge is -2.45. The predicted octanol–water partition coefficient (Wildman–Crippen LogP) is 3.49. The van der Waals surface area contributed by atoms with Crippen LogP contribution in [0.1, 0.15) is 50.7 Å². The molecule has 0 spiro atoms. The van der Waals surface area contributed by atoms with Crippen molar-refractivity contribution in [2.45, 2.75) is 57.3 Å². The summed E-state index contributed by atoms with van der Waals surface area (Å²) in [7, 11) is 0. The van der Waals surface area contributed by atoms with Crippen molar-refractivity contribution < 1.29 is 18.3 Å². The second-order valence-corrected chi connectivity index (χ2v) is 6.30. The zero-order chi connectivity index (χ0) is 15.7. The summed E-state index contributed by atoms with van der Waals surface area (Å²) in [5.74, 6) is -1.52. The number of benzene rings is 1. The number of halogens is 2. The van der Waals surface area contributed by atoms with Crippen molar-refractivity contribution >= 4 is 5.91 Å². The lowest BCUT2D eigenvalue weighted by molar-refractivity contribution is -0.131. The van der Waals surface area contributed by atoms with Gasteiger partial charge in [0, 0.05) is 24.4 Å². The van der Waals surface area contributed by atoms with Crippen molar-refractivity contribution in [3.8, 4) is 0 Å². The molecule has 5 heteroatoms. The number of nitrogens with one attached hydrogen (secondary N) is 1. The molecule has 1 N–H and O–H groups in total. The second-order valence-electron chi connectivity index (χ2n) is 6.30. The number of rotatable bonds is 2. The van der Waals surface area contributed by atoms with Crippen molar-refractivity contribution in [1.29, 1.82) is 0 Å². The van der Waals surface area contributed by atoms with Crippen molar-refractivity contribution in [2.24, 2.45) is 5.92 Å². The molecule has 1 saturated heterocycles. The largest absolute Gasteiger partial charge is 0.370 e. The average molecular weight is 309 g/mol. The van der Waals surface area contributed by atoms with E-state index in [1.165, 1.54) is 13.0 Å². The third-order valence-corrected chi connectivity index (χ3v) is 4.79. The first kappa shape index (κ1) is 15.4. The quantitative estimate of drug-likeness (QED) is 0.908. The molecule has 1 aromatic carbocycles. The normalized spacial score (nSPS) is 31.4. The topological polar surface area (TPSA) is 38.3 Å². The zero-order valence-electron chi connectivity index (χ0n) is 12.6. The van der Waals surface area contributed by atoms with E-state index in [0.29, 0.717) is 6.42 Å². The SMILES string of the molecule is CC(=O)N[C@@H]1C[C@H](c2cccc(F)c2F)O[C@@H]2CCCC[C@@H]12. The van der Waals surface area contributed by atoms with Crippen LogP contribution in [0.25, 0.3) is 0 Å². The van der Waals surface area contributed by atoms with Gasteiger partial charge in [-0.15, -0.1) is 0 Å². The van der Waals surface area contributed by atoms with Crippen LogP contribution in [0.2, 0.25) is 0 Å². The van der Waals surface area contributed by atoms with Gasteiger partial charge in [-0.25, -0.2) is 8.78 Å². The highest BCUT2D eigenvalue weighted by Crippen LogP contribution is 2.42. The molecule has 1 aliphatic carbocycles. The lowest BCUT2D eigenvalue weighted by Crippen LogP contribution is -2.51. The Balaban J connectivity index is 1.86. The summed E-state index contributed by atoms with van der Waals surface area (Å²) >= 11 is 0. The van der Waals surface area contributed by atoms with Crippen LogP contribution in [-0.4, -0.2) is 18.1 Å². The van der Waals surface area contributed by atoms with E-state index in [1.54, 1.807) is 6.07 Å². The fraction of sp³-hybridized carbons (Fsp3) is 0.588. The van der Waals surface area contributed by atoms with Crippen molar-refractivity contribution in [2.75, 3.05) is 0 Å². The average Bonchev–Trinajstić information content (AvgIpc) is 2.49. The molecule has 1 aromatic rings. The molecule has 4 atom stereocenters. The molecular weight excluding hydrogens is 288 g/mol. The maximum absolute atomic E-state index is 14.1. The molecule has 0 bridgehead atoms. The number of amides is 1. The van der Waals surface area contributed by atoms with Crippen LogP contribution in [0, 0.1) is 17.6 Å². The fourth-order valence-corrected chi connectivity index (χ4v) is 3.82. The van der Waals surface area contributed by atoms with Gasteiger partial charge in [-0.2, -0.15) is 0 Å². The maximum atomic E-state index is 14.1. The Hall–Kier alpha value is -1.49. The van der Waals surface area contributed by atoms with E-state index in [-0.39, 0.29) is 29.5 Å². The second kappa shape index (κ2) is 6.32. The Bertz CT molecular complexity index is 564. The molecule has 1 aliphatic heterocycles. The molecule has 3 rings (SSSR count). The van der Waals surface area contributed by atoms with Crippen molar-refractivity contribution in [3.63, 3.8) is 0 Å². The van der Waals surface area contributed by atoms with Gasteiger partial charge >= 0.3 is 0 Å². The summed E-state index contributed by atoms with van der Waals surface area (Å²) in [4.78, 5) is 11.5. The highest BCUT2D eigenvalue weighted by atomic mass is 19.2. The van der Waals surface area contributed by atoms with E-state index in [1.807, 2.05) is 0 Å². The Kier molecular flexibility index (Phi) is 4.43. The van der Waals surface area contributed by atoms with Gasteiger partial charge in [0.05, 0.1) is 12.2 Å². The van der Waals surface area contributed by atoms with E-state index in [0.717, 1.165) is 31.7 Å². The minimum absolute atomic E-state index is 0.00650. The molecule has 2 fully saturated rings. The Morgan fingerprint density at radius 2 is 2.05 bits per heavy atom. The number of fused-ring (bicyclic) bond motifs is 1. The van der Waals surface area contributed by atoms with Gasteiger partial charge in [0.1, 0.15) is 0 Å². The summed E-state index contributed by atoms with van der Waals surface area (Å²) in [5, 5.41) is 2.98. The summed E-state index contributed by atoms with van der Waals surface area (Å²) in [6.07, 6.45) is 4.11. The van der Waals surface area contributed by atoms with Gasteiger partial charge in [0.2, 0.25) is 5.91 Å². The Morgan fingerprint density at radius 3 is 2.82 bits per heavy atom. The molecule has 22 heavy (non-hydrogen) atoms. The van der Waals surface area contributed by atoms with Crippen LogP contribution in [0.4, 0.5) is 8.78 Å². The van der Waals surface area contributed by atoms with Gasteiger partial charge in [-0.3, -0.25) is 4.79 Å². The van der Waals surface area contributed by atoms with Crippen LogP contribution in [0.3, 0.4) is 0 Å². The number of ether oxygens (including phenoxy) is 1. The van der Waals surface area contributed by atoms with E-state index in [4.69, 9.17) is 4.74 Å².